The van der Waals surface area contributed by atoms with E-state index in [1.807, 2.05) is 20.8 Å². The predicted octanol–water partition coefficient (Wildman–Crippen LogP) is 2.63. The Morgan fingerprint density at radius 3 is 2.65 bits per heavy atom. The van der Waals surface area contributed by atoms with Crippen LogP contribution in [0.2, 0.25) is 0 Å². The van der Waals surface area contributed by atoms with Gasteiger partial charge in [0.15, 0.2) is 11.6 Å². The van der Waals surface area contributed by atoms with Gasteiger partial charge >= 0.3 is 0 Å². The highest BCUT2D eigenvalue weighted by Crippen LogP contribution is 2.22. The standard InChI is InChI=1S/C13H14F2N4O/c1-13(2,3)8-6-9(19-18-8)17-12(20)7-4-5-16-11(15)10(7)14/h4-6H,1-3H3,(H2,17,18,19,20). The number of nitrogens with one attached hydrogen (secondary N) is 2. The molecule has 20 heavy (non-hydrogen) atoms. The molecular weight excluding hydrogens is 266 g/mol. The van der Waals surface area contributed by atoms with Crippen LogP contribution in [0.25, 0.3) is 0 Å². The van der Waals surface area contributed by atoms with Crippen LogP contribution in [0.1, 0.15) is 36.8 Å². The highest BCUT2D eigenvalue weighted by atomic mass is 19.2. The van der Waals surface area contributed by atoms with E-state index in [9.17, 15) is 13.6 Å². The van der Waals surface area contributed by atoms with Crippen molar-refractivity contribution in [2.24, 2.45) is 0 Å². The molecule has 2 N–H and O–H groups in total. The Morgan fingerprint density at radius 1 is 1.35 bits per heavy atom. The zero-order valence-corrected chi connectivity index (χ0v) is 11.3. The van der Waals surface area contributed by atoms with Crippen LogP contribution < -0.4 is 5.32 Å². The molecule has 0 aliphatic heterocycles. The van der Waals surface area contributed by atoms with Crippen LogP contribution >= 0.6 is 0 Å². The summed E-state index contributed by atoms with van der Waals surface area (Å²) >= 11 is 0. The molecule has 0 bridgehead atoms. The van der Waals surface area contributed by atoms with E-state index in [0.717, 1.165) is 18.0 Å². The van der Waals surface area contributed by atoms with Crippen molar-refractivity contribution in [3.8, 4) is 0 Å². The van der Waals surface area contributed by atoms with Crippen LogP contribution in [-0.2, 0) is 5.41 Å². The summed E-state index contributed by atoms with van der Waals surface area (Å²) in [6.07, 6.45) is 1.03. The van der Waals surface area contributed by atoms with Gasteiger partial charge < -0.3 is 5.32 Å². The molecule has 0 fully saturated rings. The van der Waals surface area contributed by atoms with Gasteiger partial charge in [-0.25, -0.2) is 9.37 Å². The molecule has 2 aromatic rings. The Kier molecular flexibility index (Phi) is 3.52. The van der Waals surface area contributed by atoms with E-state index < -0.39 is 23.2 Å². The minimum atomic E-state index is -1.31. The van der Waals surface area contributed by atoms with Crippen molar-refractivity contribution in [2.75, 3.05) is 5.32 Å². The number of rotatable bonds is 2. The minimum Gasteiger partial charge on any atom is -0.305 e. The van der Waals surface area contributed by atoms with Gasteiger partial charge in [0.05, 0.1) is 5.56 Å². The summed E-state index contributed by atoms with van der Waals surface area (Å²) in [7, 11) is 0. The topological polar surface area (TPSA) is 70.7 Å². The molecule has 2 aromatic heterocycles. The molecule has 0 spiro atoms. The molecule has 0 saturated carbocycles. The minimum absolute atomic E-state index is 0.163. The van der Waals surface area contributed by atoms with Gasteiger partial charge in [-0.2, -0.15) is 9.49 Å². The largest absolute Gasteiger partial charge is 0.305 e. The molecule has 7 heteroatoms. The number of nitrogens with zero attached hydrogens (tertiary/aromatic N) is 2. The number of carbonyl (C=O) groups is 1. The van der Waals surface area contributed by atoms with Crippen LogP contribution in [0.5, 0.6) is 0 Å². The normalized spacial score (nSPS) is 11.4. The summed E-state index contributed by atoms with van der Waals surface area (Å²) in [6.45, 7) is 5.93. The fourth-order valence-electron chi connectivity index (χ4n) is 1.55. The van der Waals surface area contributed by atoms with Gasteiger partial charge in [-0.15, -0.1) is 0 Å². The first-order valence-electron chi connectivity index (χ1n) is 5.96. The monoisotopic (exact) mass is 280 g/mol. The van der Waals surface area contributed by atoms with Crippen LogP contribution in [0.3, 0.4) is 0 Å². The molecule has 0 aliphatic rings. The second-order valence-corrected chi connectivity index (χ2v) is 5.33. The van der Waals surface area contributed by atoms with Gasteiger partial charge in [0, 0.05) is 23.4 Å². The van der Waals surface area contributed by atoms with Crippen molar-refractivity contribution in [1.82, 2.24) is 15.2 Å². The number of aromatic nitrogens is 3. The maximum atomic E-state index is 13.4. The summed E-state index contributed by atoms with van der Waals surface area (Å²) in [5, 5.41) is 9.10. The number of hydrogen-bond donors (Lipinski definition) is 2. The lowest BCUT2D eigenvalue weighted by atomic mass is 9.92. The summed E-state index contributed by atoms with van der Waals surface area (Å²) in [6, 6.07) is 2.75. The molecule has 106 valence electrons. The number of aromatic amines is 1. The first-order valence-corrected chi connectivity index (χ1v) is 5.96. The van der Waals surface area contributed by atoms with Gasteiger partial charge in [-0.05, 0) is 6.07 Å². The van der Waals surface area contributed by atoms with Crippen LogP contribution in [0.15, 0.2) is 18.3 Å². The average Bonchev–Trinajstić information content (AvgIpc) is 2.81. The van der Waals surface area contributed by atoms with E-state index in [0.29, 0.717) is 0 Å². The lowest BCUT2D eigenvalue weighted by molar-refractivity contribution is 0.102. The zero-order chi connectivity index (χ0) is 14.9. The molecule has 2 heterocycles. The summed E-state index contributed by atoms with van der Waals surface area (Å²) in [4.78, 5) is 15.0. The Bertz CT molecular complexity index is 646. The van der Waals surface area contributed by atoms with Crippen molar-refractivity contribution in [3.05, 3.63) is 41.4 Å². The maximum absolute atomic E-state index is 13.4. The van der Waals surface area contributed by atoms with E-state index in [2.05, 4.69) is 20.5 Å². The van der Waals surface area contributed by atoms with Crippen molar-refractivity contribution in [3.63, 3.8) is 0 Å². The molecule has 5 nitrogen and oxygen atoms in total. The molecule has 0 radical (unpaired) electrons. The third kappa shape index (κ3) is 2.81. The molecule has 0 saturated heterocycles. The van der Waals surface area contributed by atoms with Gasteiger partial charge in [0.1, 0.15) is 0 Å². The summed E-state index contributed by atoms with van der Waals surface area (Å²) in [5.41, 5.74) is 0.233. The second kappa shape index (κ2) is 4.99. The van der Waals surface area contributed by atoms with Crippen LogP contribution in [0.4, 0.5) is 14.6 Å². The quantitative estimate of drug-likeness (QED) is 0.831. The van der Waals surface area contributed by atoms with Crippen molar-refractivity contribution in [1.29, 1.82) is 0 Å². The maximum Gasteiger partial charge on any atom is 0.260 e. The zero-order valence-electron chi connectivity index (χ0n) is 11.3. The van der Waals surface area contributed by atoms with Crippen LogP contribution in [-0.4, -0.2) is 21.1 Å². The third-order valence-corrected chi connectivity index (χ3v) is 2.72. The first-order chi connectivity index (χ1) is 9.29. The highest BCUT2D eigenvalue weighted by Gasteiger charge is 2.20. The Labute approximate surface area is 114 Å². The molecule has 0 aliphatic carbocycles. The second-order valence-electron chi connectivity index (χ2n) is 5.33. The highest BCUT2D eigenvalue weighted by molar-refractivity contribution is 6.03. The van der Waals surface area contributed by atoms with Gasteiger partial charge in [-0.3, -0.25) is 9.89 Å². The Balaban J connectivity index is 2.20. The van der Waals surface area contributed by atoms with E-state index in [-0.39, 0.29) is 11.2 Å². The fourth-order valence-corrected chi connectivity index (χ4v) is 1.55. The lowest BCUT2D eigenvalue weighted by Gasteiger charge is -2.14. The van der Waals surface area contributed by atoms with Crippen LogP contribution in [0, 0.1) is 11.8 Å². The van der Waals surface area contributed by atoms with Crippen molar-refractivity contribution >= 4 is 11.7 Å². The average molecular weight is 280 g/mol. The molecule has 0 atom stereocenters. The molecular formula is C13H14F2N4O. The van der Waals surface area contributed by atoms with E-state index in [1.165, 1.54) is 0 Å². The van der Waals surface area contributed by atoms with Gasteiger partial charge in [-0.1, -0.05) is 20.8 Å². The van der Waals surface area contributed by atoms with E-state index in [4.69, 9.17) is 0 Å². The molecule has 2 rings (SSSR count). The first kappa shape index (κ1) is 14.1. The number of H-pyrrole nitrogens is 1. The number of carbonyl (C=O) groups excluding carboxylic acids is 1. The SMILES string of the molecule is CC(C)(C)c1cc(NC(=O)c2ccnc(F)c2F)n[nH]1. The smallest absolute Gasteiger partial charge is 0.260 e. The van der Waals surface area contributed by atoms with E-state index in [1.54, 1.807) is 6.07 Å². The van der Waals surface area contributed by atoms with Gasteiger partial charge in [0.25, 0.3) is 5.91 Å². The Morgan fingerprint density at radius 2 is 2.05 bits per heavy atom. The lowest BCUT2D eigenvalue weighted by Crippen LogP contribution is -2.15. The van der Waals surface area contributed by atoms with Crippen molar-refractivity contribution < 1.29 is 13.6 Å². The predicted molar refractivity (Wildman–Crippen MR) is 69.4 cm³/mol. The molecule has 0 aromatic carbocycles. The fraction of sp³-hybridized carbons (Fsp3) is 0.308. The summed E-state index contributed by atoms with van der Waals surface area (Å²) < 4.78 is 26.4. The third-order valence-electron chi connectivity index (χ3n) is 2.72. The van der Waals surface area contributed by atoms with Gasteiger partial charge in [0.2, 0.25) is 5.95 Å². The Hall–Kier alpha value is -2.31. The number of pyridine rings is 1. The number of hydrogen-bond acceptors (Lipinski definition) is 3. The number of anilines is 1. The summed E-state index contributed by atoms with van der Waals surface area (Å²) in [5.74, 6) is -3.13. The number of halogens is 2. The number of amides is 1. The molecule has 1 amide bonds. The molecule has 0 unspecified atom stereocenters. The van der Waals surface area contributed by atoms with Crippen molar-refractivity contribution in [2.45, 2.75) is 26.2 Å². The van der Waals surface area contributed by atoms with E-state index >= 15 is 0 Å².